The van der Waals surface area contributed by atoms with Gasteiger partial charge in [-0.1, -0.05) is 46.3 Å². The molecule has 2 amide bonds. The number of benzene rings is 3. The van der Waals surface area contributed by atoms with Crippen LogP contribution in [0.4, 0.5) is 5.69 Å². The summed E-state index contributed by atoms with van der Waals surface area (Å²) >= 11 is 3.43. The molecular weight excluding hydrogens is 558 g/mol. The molecule has 0 heterocycles. The molecular formula is C27H30BrN3O5S. The lowest BCUT2D eigenvalue weighted by atomic mass is 10.1. The van der Waals surface area contributed by atoms with Gasteiger partial charge in [0.15, 0.2) is 0 Å². The van der Waals surface area contributed by atoms with E-state index in [1.54, 1.807) is 56.3 Å². The van der Waals surface area contributed by atoms with Crippen LogP contribution in [0.25, 0.3) is 0 Å². The van der Waals surface area contributed by atoms with E-state index in [4.69, 9.17) is 4.74 Å². The van der Waals surface area contributed by atoms with Crippen molar-refractivity contribution in [2.45, 2.75) is 31.3 Å². The first kappa shape index (κ1) is 28.2. The van der Waals surface area contributed by atoms with Gasteiger partial charge in [0.1, 0.15) is 18.3 Å². The zero-order valence-corrected chi connectivity index (χ0v) is 23.3. The Kier molecular flexibility index (Phi) is 9.71. The summed E-state index contributed by atoms with van der Waals surface area (Å²) in [6, 6.07) is 21.0. The fourth-order valence-corrected chi connectivity index (χ4v) is 5.60. The number of methoxy groups -OCH3 is 1. The molecule has 0 spiro atoms. The highest BCUT2D eigenvalue weighted by molar-refractivity contribution is 9.10. The van der Waals surface area contributed by atoms with E-state index < -0.39 is 28.5 Å². The van der Waals surface area contributed by atoms with Gasteiger partial charge >= 0.3 is 0 Å². The zero-order chi connectivity index (χ0) is 27.0. The predicted octanol–water partition coefficient (Wildman–Crippen LogP) is 4.21. The molecule has 10 heteroatoms. The van der Waals surface area contributed by atoms with E-state index in [1.807, 2.05) is 24.3 Å². The lowest BCUT2D eigenvalue weighted by Crippen LogP contribution is -2.51. The van der Waals surface area contributed by atoms with Crippen LogP contribution in [0.1, 0.15) is 19.4 Å². The molecule has 0 fully saturated rings. The molecule has 0 unspecified atom stereocenters. The first-order valence-corrected chi connectivity index (χ1v) is 13.9. The average molecular weight is 589 g/mol. The third-order valence-corrected chi connectivity index (χ3v) is 8.01. The van der Waals surface area contributed by atoms with Crippen LogP contribution in [0.5, 0.6) is 5.75 Å². The van der Waals surface area contributed by atoms with Crippen molar-refractivity contribution >= 4 is 43.5 Å². The number of sulfonamides is 1. The number of rotatable bonds is 11. The molecule has 0 saturated carbocycles. The molecule has 1 atom stereocenters. The summed E-state index contributed by atoms with van der Waals surface area (Å²) in [5.41, 5.74) is 1.13. The van der Waals surface area contributed by atoms with E-state index in [0.717, 1.165) is 14.3 Å². The number of amides is 2. The van der Waals surface area contributed by atoms with E-state index in [0.29, 0.717) is 18.0 Å². The Balaban J connectivity index is 2.00. The van der Waals surface area contributed by atoms with Crippen LogP contribution in [0, 0.1) is 0 Å². The van der Waals surface area contributed by atoms with Gasteiger partial charge in [-0.2, -0.15) is 0 Å². The molecule has 3 aromatic carbocycles. The van der Waals surface area contributed by atoms with Crippen LogP contribution in [0.3, 0.4) is 0 Å². The average Bonchev–Trinajstić information content (AvgIpc) is 2.90. The van der Waals surface area contributed by atoms with Crippen LogP contribution in [0.2, 0.25) is 0 Å². The standard InChI is InChI=1S/C27H30BrN3O5S/c1-4-29-27(33)20(2)30(18-21-9-8-10-22(28)17-21)26(32)19-31(23-11-6-5-7-12-23)37(34,35)25-15-13-24(36-3)14-16-25/h5-17,20H,4,18-19H2,1-3H3,(H,29,33)/t20-/m0/s1. The summed E-state index contributed by atoms with van der Waals surface area (Å²) < 4.78 is 34.5. The summed E-state index contributed by atoms with van der Waals surface area (Å²) in [6.07, 6.45) is 0. The van der Waals surface area contributed by atoms with Gasteiger partial charge in [0, 0.05) is 17.6 Å². The molecule has 0 bridgehead atoms. The van der Waals surface area contributed by atoms with Gasteiger partial charge in [-0.3, -0.25) is 13.9 Å². The van der Waals surface area contributed by atoms with Crippen molar-refractivity contribution in [3.05, 3.63) is 88.9 Å². The Morgan fingerprint density at radius 3 is 2.27 bits per heavy atom. The van der Waals surface area contributed by atoms with Crippen LogP contribution in [0.15, 0.2) is 88.2 Å². The number of nitrogens with zero attached hydrogens (tertiary/aromatic N) is 2. The Morgan fingerprint density at radius 1 is 1.00 bits per heavy atom. The van der Waals surface area contributed by atoms with Crippen molar-refractivity contribution in [1.29, 1.82) is 0 Å². The van der Waals surface area contributed by atoms with Crippen molar-refractivity contribution in [2.75, 3.05) is 24.5 Å². The van der Waals surface area contributed by atoms with Gasteiger partial charge in [-0.15, -0.1) is 0 Å². The molecule has 196 valence electrons. The van der Waals surface area contributed by atoms with E-state index in [9.17, 15) is 18.0 Å². The van der Waals surface area contributed by atoms with E-state index in [1.165, 1.54) is 24.1 Å². The Hall–Kier alpha value is -3.37. The molecule has 0 saturated heterocycles. The number of nitrogens with one attached hydrogen (secondary N) is 1. The summed E-state index contributed by atoms with van der Waals surface area (Å²) in [4.78, 5) is 27.9. The number of carbonyl (C=O) groups is 2. The molecule has 1 N–H and O–H groups in total. The van der Waals surface area contributed by atoms with Crippen molar-refractivity contribution in [2.24, 2.45) is 0 Å². The van der Waals surface area contributed by atoms with Crippen molar-refractivity contribution in [3.8, 4) is 5.75 Å². The number of ether oxygens (including phenoxy) is 1. The fourth-order valence-electron chi connectivity index (χ4n) is 3.73. The maximum atomic E-state index is 13.8. The minimum absolute atomic E-state index is 0.0141. The van der Waals surface area contributed by atoms with Gasteiger partial charge < -0.3 is 15.0 Å². The minimum Gasteiger partial charge on any atom is -0.497 e. The highest BCUT2D eigenvalue weighted by Crippen LogP contribution is 2.26. The van der Waals surface area contributed by atoms with E-state index in [-0.39, 0.29) is 17.3 Å². The second kappa shape index (κ2) is 12.7. The lowest BCUT2D eigenvalue weighted by Gasteiger charge is -2.32. The molecule has 0 aliphatic rings. The van der Waals surface area contributed by atoms with Crippen molar-refractivity contribution < 1.29 is 22.7 Å². The molecule has 8 nitrogen and oxygen atoms in total. The van der Waals surface area contributed by atoms with Crippen LogP contribution < -0.4 is 14.4 Å². The quantitative estimate of drug-likeness (QED) is 0.362. The smallest absolute Gasteiger partial charge is 0.264 e. The topological polar surface area (TPSA) is 96.0 Å². The van der Waals surface area contributed by atoms with Crippen molar-refractivity contribution in [3.63, 3.8) is 0 Å². The summed E-state index contributed by atoms with van der Waals surface area (Å²) in [5, 5.41) is 2.74. The number of halogens is 1. The molecule has 3 rings (SSSR count). The SMILES string of the molecule is CCNC(=O)[C@H](C)N(Cc1cccc(Br)c1)C(=O)CN(c1ccccc1)S(=O)(=O)c1ccc(OC)cc1. The van der Waals surface area contributed by atoms with Gasteiger partial charge in [-0.25, -0.2) is 8.42 Å². The number of hydrogen-bond donors (Lipinski definition) is 1. The Bertz CT molecular complexity index is 1320. The highest BCUT2D eigenvalue weighted by atomic mass is 79.9. The fraction of sp³-hybridized carbons (Fsp3) is 0.259. The summed E-state index contributed by atoms with van der Waals surface area (Å²) in [7, 11) is -2.63. The molecule has 0 aliphatic heterocycles. The largest absolute Gasteiger partial charge is 0.497 e. The Morgan fingerprint density at radius 2 is 1.68 bits per heavy atom. The van der Waals surface area contributed by atoms with Crippen LogP contribution in [-0.4, -0.2) is 51.4 Å². The number of likely N-dealkylation sites (N-methyl/N-ethyl adjacent to an activating group) is 1. The Labute approximate surface area is 226 Å². The number of hydrogen-bond acceptors (Lipinski definition) is 5. The molecule has 37 heavy (non-hydrogen) atoms. The van der Waals surface area contributed by atoms with Gasteiger partial charge in [0.25, 0.3) is 10.0 Å². The first-order chi connectivity index (χ1) is 17.7. The highest BCUT2D eigenvalue weighted by Gasteiger charge is 2.32. The van der Waals surface area contributed by atoms with Gasteiger partial charge in [0.2, 0.25) is 11.8 Å². The molecule has 3 aromatic rings. The van der Waals surface area contributed by atoms with Crippen LogP contribution >= 0.6 is 15.9 Å². The first-order valence-electron chi connectivity index (χ1n) is 11.7. The predicted molar refractivity (Wildman–Crippen MR) is 147 cm³/mol. The molecule has 0 aromatic heterocycles. The van der Waals surface area contributed by atoms with Crippen LogP contribution in [-0.2, 0) is 26.2 Å². The minimum atomic E-state index is -4.12. The number of anilines is 1. The van der Waals surface area contributed by atoms with E-state index in [2.05, 4.69) is 21.2 Å². The third kappa shape index (κ3) is 7.11. The van der Waals surface area contributed by atoms with Gasteiger partial charge in [0.05, 0.1) is 17.7 Å². The lowest BCUT2D eigenvalue weighted by molar-refractivity contribution is -0.139. The normalized spacial score (nSPS) is 11.9. The summed E-state index contributed by atoms with van der Waals surface area (Å²) in [6.45, 7) is 3.47. The number of para-hydroxylation sites is 1. The molecule has 0 aliphatic carbocycles. The van der Waals surface area contributed by atoms with Crippen molar-refractivity contribution in [1.82, 2.24) is 10.2 Å². The maximum Gasteiger partial charge on any atom is 0.264 e. The second-order valence-corrected chi connectivity index (χ2v) is 11.0. The monoisotopic (exact) mass is 587 g/mol. The second-order valence-electron chi connectivity index (χ2n) is 8.24. The number of carbonyl (C=O) groups excluding carboxylic acids is 2. The molecule has 0 radical (unpaired) electrons. The van der Waals surface area contributed by atoms with E-state index >= 15 is 0 Å². The maximum absolute atomic E-state index is 13.8. The third-order valence-electron chi connectivity index (χ3n) is 5.73. The zero-order valence-electron chi connectivity index (χ0n) is 20.9. The van der Waals surface area contributed by atoms with Gasteiger partial charge in [-0.05, 0) is 67.9 Å². The summed E-state index contributed by atoms with van der Waals surface area (Å²) in [5.74, 6) is -0.327.